The minimum absolute atomic E-state index is 0.0655. The molecule has 9 heteroatoms. The number of halogens is 1. The second kappa shape index (κ2) is 6.65. The lowest BCUT2D eigenvalue weighted by Gasteiger charge is -2.19. The smallest absolute Gasteiger partial charge is 0.407 e. The molecule has 1 aromatic carbocycles. The first-order valence-corrected chi connectivity index (χ1v) is 7.06. The third-order valence-corrected chi connectivity index (χ3v) is 2.75. The van der Waals surface area contributed by atoms with Crippen molar-refractivity contribution in [1.82, 2.24) is 20.3 Å². The van der Waals surface area contributed by atoms with Gasteiger partial charge in [0.05, 0.1) is 24.0 Å². The van der Waals surface area contributed by atoms with E-state index in [2.05, 4.69) is 15.6 Å². The number of aromatic nitrogens is 3. The molecule has 0 bridgehead atoms. The van der Waals surface area contributed by atoms with Crippen LogP contribution in [0.5, 0.6) is 0 Å². The second-order valence-electron chi connectivity index (χ2n) is 6.01. The largest absolute Gasteiger partial charge is 0.478 e. The molecule has 2 aromatic rings. The molecule has 0 saturated carbocycles. The first-order chi connectivity index (χ1) is 11.1. The van der Waals surface area contributed by atoms with Crippen LogP contribution in [-0.4, -0.2) is 37.8 Å². The van der Waals surface area contributed by atoms with Gasteiger partial charge in [-0.1, -0.05) is 5.21 Å². The van der Waals surface area contributed by atoms with E-state index >= 15 is 0 Å². The molecule has 0 saturated heterocycles. The monoisotopic (exact) mass is 336 g/mol. The molecule has 128 valence electrons. The van der Waals surface area contributed by atoms with E-state index in [9.17, 15) is 14.0 Å². The van der Waals surface area contributed by atoms with Crippen LogP contribution < -0.4 is 5.32 Å². The summed E-state index contributed by atoms with van der Waals surface area (Å²) in [7, 11) is 0. The van der Waals surface area contributed by atoms with Crippen molar-refractivity contribution in [3.05, 3.63) is 41.5 Å². The highest BCUT2D eigenvalue weighted by Gasteiger charge is 2.16. The number of hydrogen-bond acceptors (Lipinski definition) is 5. The number of rotatable bonds is 4. The Morgan fingerprint density at radius 2 is 2.04 bits per heavy atom. The first-order valence-electron chi connectivity index (χ1n) is 7.06. The zero-order valence-electron chi connectivity index (χ0n) is 13.4. The van der Waals surface area contributed by atoms with Crippen LogP contribution in [0.2, 0.25) is 0 Å². The van der Waals surface area contributed by atoms with Crippen LogP contribution in [-0.2, 0) is 11.3 Å². The average Bonchev–Trinajstić information content (AvgIpc) is 2.91. The van der Waals surface area contributed by atoms with Crippen LogP contribution in [0.1, 0.15) is 36.8 Å². The Labute approximate surface area is 137 Å². The predicted molar refractivity (Wildman–Crippen MR) is 81.4 cm³/mol. The molecule has 1 heterocycles. The Balaban J connectivity index is 2.08. The van der Waals surface area contributed by atoms with Crippen LogP contribution in [0.15, 0.2) is 24.4 Å². The molecule has 0 aliphatic rings. The van der Waals surface area contributed by atoms with Crippen molar-refractivity contribution in [2.45, 2.75) is 32.9 Å². The summed E-state index contributed by atoms with van der Waals surface area (Å²) in [6.07, 6.45) is 0.855. The van der Waals surface area contributed by atoms with E-state index in [-0.39, 0.29) is 17.8 Å². The molecule has 0 spiro atoms. The van der Waals surface area contributed by atoms with E-state index in [0.717, 1.165) is 12.1 Å². The maximum absolute atomic E-state index is 13.5. The first kappa shape index (κ1) is 17.4. The molecule has 1 amide bonds. The van der Waals surface area contributed by atoms with E-state index in [1.807, 2.05) is 0 Å². The minimum atomic E-state index is -1.25. The molecule has 24 heavy (non-hydrogen) atoms. The zero-order valence-corrected chi connectivity index (χ0v) is 13.4. The van der Waals surface area contributed by atoms with Crippen molar-refractivity contribution in [3.63, 3.8) is 0 Å². The van der Waals surface area contributed by atoms with Crippen LogP contribution in [0.25, 0.3) is 5.69 Å². The Kier molecular flexibility index (Phi) is 4.82. The number of aromatic carboxylic acids is 1. The fourth-order valence-electron chi connectivity index (χ4n) is 1.81. The third-order valence-electron chi connectivity index (χ3n) is 2.75. The summed E-state index contributed by atoms with van der Waals surface area (Å²) in [6.45, 7) is 5.29. The lowest BCUT2D eigenvalue weighted by Crippen LogP contribution is -2.32. The number of hydrogen-bond donors (Lipinski definition) is 2. The summed E-state index contributed by atoms with van der Waals surface area (Å²) in [4.78, 5) is 22.5. The number of alkyl carbamates (subject to hydrolysis) is 1. The highest BCUT2D eigenvalue weighted by atomic mass is 19.1. The molecule has 2 rings (SSSR count). The second-order valence-corrected chi connectivity index (χ2v) is 6.01. The van der Waals surface area contributed by atoms with Gasteiger partial charge in [-0.25, -0.2) is 18.7 Å². The van der Waals surface area contributed by atoms with Crippen LogP contribution in [0, 0.1) is 5.82 Å². The van der Waals surface area contributed by atoms with Crippen molar-refractivity contribution >= 4 is 12.1 Å². The van der Waals surface area contributed by atoms with Crippen molar-refractivity contribution in [3.8, 4) is 5.69 Å². The molecule has 0 aliphatic heterocycles. The quantitative estimate of drug-likeness (QED) is 0.886. The maximum atomic E-state index is 13.5. The topological polar surface area (TPSA) is 106 Å². The SMILES string of the molecule is CC(C)(C)OC(=O)NCc1cn(-c2cc(F)cc(C(=O)O)c2)nn1. The lowest BCUT2D eigenvalue weighted by molar-refractivity contribution is 0.0522. The van der Waals surface area contributed by atoms with E-state index in [0.29, 0.717) is 5.69 Å². The van der Waals surface area contributed by atoms with E-state index < -0.39 is 23.5 Å². The Hall–Kier alpha value is -2.97. The average molecular weight is 336 g/mol. The highest BCUT2D eigenvalue weighted by molar-refractivity contribution is 5.88. The molecule has 8 nitrogen and oxygen atoms in total. The van der Waals surface area contributed by atoms with Crippen LogP contribution >= 0.6 is 0 Å². The molecule has 0 aliphatic carbocycles. The molecule has 0 radical (unpaired) electrons. The van der Waals surface area contributed by atoms with Gasteiger partial charge in [0, 0.05) is 0 Å². The van der Waals surface area contributed by atoms with Gasteiger partial charge in [-0.15, -0.1) is 5.10 Å². The number of benzene rings is 1. The third kappa shape index (κ3) is 4.77. The van der Waals surface area contributed by atoms with Gasteiger partial charge in [-0.05, 0) is 39.0 Å². The standard InChI is InChI=1S/C15H17FN4O4/c1-15(2,3)24-14(23)17-7-11-8-20(19-18-11)12-5-9(13(21)22)4-10(16)6-12/h4-6,8H,7H2,1-3H3,(H,17,23)(H,21,22). The number of carboxylic acids is 1. The summed E-state index contributed by atoms with van der Waals surface area (Å²) in [5, 5.41) is 19.1. The number of ether oxygens (including phenoxy) is 1. The van der Waals surface area contributed by atoms with Crippen molar-refractivity contribution < 1.29 is 23.8 Å². The highest BCUT2D eigenvalue weighted by Crippen LogP contribution is 2.13. The van der Waals surface area contributed by atoms with Gasteiger partial charge in [0.15, 0.2) is 0 Å². The molecular formula is C15H17FN4O4. The summed E-state index contributed by atoms with van der Waals surface area (Å²) in [6, 6.07) is 3.31. The maximum Gasteiger partial charge on any atom is 0.407 e. The number of amides is 1. The fraction of sp³-hybridized carbons (Fsp3) is 0.333. The molecular weight excluding hydrogens is 319 g/mol. The molecule has 0 atom stereocenters. The fourth-order valence-corrected chi connectivity index (χ4v) is 1.81. The lowest BCUT2D eigenvalue weighted by atomic mass is 10.2. The van der Waals surface area contributed by atoms with Crippen molar-refractivity contribution in [2.24, 2.45) is 0 Å². The molecule has 0 fully saturated rings. The van der Waals surface area contributed by atoms with Crippen LogP contribution in [0.4, 0.5) is 9.18 Å². The molecule has 2 N–H and O–H groups in total. The van der Waals surface area contributed by atoms with E-state index in [4.69, 9.17) is 9.84 Å². The number of carbonyl (C=O) groups excluding carboxylic acids is 1. The molecule has 0 unspecified atom stereocenters. The van der Waals surface area contributed by atoms with Crippen molar-refractivity contribution in [1.29, 1.82) is 0 Å². The van der Waals surface area contributed by atoms with E-state index in [1.54, 1.807) is 20.8 Å². The summed E-state index contributed by atoms with van der Waals surface area (Å²) in [5.74, 6) is -1.95. The van der Waals surface area contributed by atoms with Crippen LogP contribution in [0.3, 0.4) is 0 Å². The summed E-state index contributed by atoms with van der Waals surface area (Å²) >= 11 is 0. The van der Waals surface area contributed by atoms with E-state index in [1.165, 1.54) is 16.9 Å². The normalized spacial score (nSPS) is 11.2. The number of carbonyl (C=O) groups is 2. The molecule has 1 aromatic heterocycles. The zero-order chi connectivity index (χ0) is 17.9. The van der Waals surface area contributed by atoms with Crippen molar-refractivity contribution in [2.75, 3.05) is 0 Å². The Bertz CT molecular complexity index is 767. The van der Waals surface area contributed by atoms with Gasteiger partial charge in [-0.2, -0.15) is 0 Å². The predicted octanol–water partition coefficient (Wildman–Crippen LogP) is 2.13. The van der Waals surface area contributed by atoms with Gasteiger partial charge >= 0.3 is 12.1 Å². The number of nitrogens with one attached hydrogen (secondary N) is 1. The number of carboxylic acid groups (broad SMARTS) is 1. The van der Waals surface area contributed by atoms with Gasteiger partial charge in [0.25, 0.3) is 0 Å². The minimum Gasteiger partial charge on any atom is -0.478 e. The van der Waals surface area contributed by atoms with Gasteiger partial charge in [0.1, 0.15) is 17.1 Å². The van der Waals surface area contributed by atoms with Gasteiger partial charge in [-0.3, -0.25) is 0 Å². The Morgan fingerprint density at radius 3 is 2.67 bits per heavy atom. The summed E-state index contributed by atoms with van der Waals surface area (Å²) < 4.78 is 19.8. The van der Waals surface area contributed by atoms with Gasteiger partial charge in [0.2, 0.25) is 0 Å². The summed E-state index contributed by atoms with van der Waals surface area (Å²) in [5.41, 5.74) is -0.199. The Morgan fingerprint density at radius 1 is 1.33 bits per heavy atom. The number of nitrogens with zero attached hydrogens (tertiary/aromatic N) is 3. The van der Waals surface area contributed by atoms with Gasteiger partial charge < -0.3 is 15.2 Å².